The third kappa shape index (κ3) is 0.990. The van der Waals surface area contributed by atoms with Crippen molar-refractivity contribution in [3.63, 3.8) is 0 Å². The minimum Gasteiger partial charge on any atom is -0.354 e. The Labute approximate surface area is 59.8 Å². The van der Waals surface area contributed by atoms with E-state index in [2.05, 4.69) is 11.1 Å². The molecule has 0 radical (unpaired) electrons. The Kier molecular flexibility index (Phi) is 1.09. The van der Waals surface area contributed by atoms with Crippen molar-refractivity contribution in [2.75, 3.05) is 6.67 Å². The molecule has 1 heterocycles. The lowest BCUT2D eigenvalue weighted by atomic mass is 10.6. The Morgan fingerprint density at radius 1 is 1.33 bits per heavy atom. The van der Waals surface area contributed by atoms with Gasteiger partial charge in [0.15, 0.2) is 0 Å². The van der Waals surface area contributed by atoms with Crippen LogP contribution >= 0.6 is 11.8 Å². The van der Waals surface area contributed by atoms with E-state index in [0.717, 1.165) is 12.7 Å². The van der Waals surface area contributed by atoms with E-state index >= 15 is 0 Å². The van der Waals surface area contributed by atoms with Crippen LogP contribution in [0.5, 0.6) is 0 Å². The first-order valence-electron chi connectivity index (χ1n) is 3.23. The highest BCUT2D eigenvalue weighted by Crippen LogP contribution is 2.29. The second-order valence-electron chi connectivity index (χ2n) is 2.58. The van der Waals surface area contributed by atoms with Crippen LogP contribution in [0.25, 0.3) is 0 Å². The highest BCUT2D eigenvalue weighted by Gasteiger charge is 2.29. The smallest absolute Gasteiger partial charge is 0.105 e. The predicted octanol–water partition coefficient (Wildman–Crippen LogP) is 1.35. The van der Waals surface area contributed by atoms with Crippen molar-refractivity contribution in [3.8, 4) is 0 Å². The van der Waals surface area contributed by atoms with E-state index in [1.165, 1.54) is 12.8 Å². The molecule has 0 atom stereocenters. The lowest BCUT2D eigenvalue weighted by Crippen LogP contribution is -2.21. The zero-order valence-corrected chi connectivity index (χ0v) is 5.88. The van der Waals surface area contributed by atoms with Gasteiger partial charge in [-0.15, -0.1) is 0 Å². The fourth-order valence-corrected chi connectivity index (χ4v) is 1.23. The molecule has 0 amide bonds. The van der Waals surface area contributed by atoms with Gasteiger partial charge in [0.1, 0.15) is 6.67 Å². The first-order valence-corrected chi connectivity index (χ1v) is 3.56. The number of hydrogen-bond donors (Lipinski definition) is 0. The molecule has 0 aromatic rings. The van der Waals surface area contributed by atoms with Gasteiger partial charge < -0.3 is 4.90 Å². The summed E-state index contributed by atoms with van der Waals surface area (Å²) in [6.07, 6.45) is 6.65. The van der Waals surface area contributed by atoms with Gasteiger partial charge in [0.25, 0.3) is 0 Å². The molecular formula is C6H9ClN2. The second-order valence-corrected chi connectivity index (χ2v) is 3.02. The lowest BCUT2D eigenvalue weighted by molar-refractivity contribution is 0.333. The molecule has 1 fully saturated rings. The quantitative estimate of drug-likeness (QED) is 0.513. The largest absolute Gasteiger partial charge is 0.354 e. The molecule has 1 aliphatic heterocycles. The molecule has 0 aromatic carbocycles. The summed E-state index contributed by atoms with van der Waals surface area (Å²) in [6.45, 7) is 0.867. The fourth-order valence-electron chi connectivity index (χ4n) is 1.05. The van der Waals surface area contributed by atoms with Gasteiger partial charge in [0.2, 0.25) is 0 Å². The van der Waals surface area contributed by atoms with Gasteiger partial charge in [-0.1, -0.05) is 0 Å². The van der Waals surface area contributed by atoms with Crippen molar-refractivity contribution in [2.45, 2.75) is 18.9 Å². The van der Waals surface area contributed by atoms with Gasteiger partial charge in [-0.25, -0.2) is 0 Å². The van der Waals surface area contributed by atoms with Crippen LogP contribution in [0.2, 0.25) is 0 Å². The summed E-state index contributed by atoms with van der Waals surface area (Å²) in [6, 6.07) is 0.796. The minimum absolute atomic E-state index is 0.796. The van der Waals surface area contributed by atoms with E-state index in [0.29, 0.717) is 0 Å². The van der Waals surface area contributed by atoms with Crippen LogP contribution in [0.4, 0.5) is 0 Å². The highest BCUT2D eigenvalue weighted by molar-refractivity contribution is 6.14. The van der Waals surface area contributed by atoms with Crippen molar-refractivity contribution in [3.05, 3.63) is 12.4 Å². The maximum Gasteiger partial charge on any atom is 0.105 e. The maximum absolute atomic E-state index is 5.68. The number of rotatable bonds is 1. The molecule has 0 unspecified atom stereocenters. The van der Waals surface area contributed by atoms with Crippen molar-refractivity contribution in [1.29, 1.82) is 0 Å². The summed E-state index contributed by atoms with van der Waals surface area (Å²) >= 11 is 5.68. The summed E-state index contributed by atoms with van der Waals surface area (Å²) in [5.41, 5.74) is 0. The van der Waals surface area contributed by atoms with E-state index in [1.54, 1.807) is 4.42 Å². The average molecular weight is 145 g/mol. The monoisotopic (exact) mass is 144 g/mol. The molecule has 0 spiro atoms. The molecule has 0 saturated heterocycles. The van der Waals surface area contributed by atoms with Crippen LogP contribution in [0, 0.1) is 0 Å². The number of nitrogens with zero attached hydrogens (tertiary/aromatic N) is 2. The number of halogens is 1. The van der Waals surface area contributed by atoms with Crippen LogP contribution in [-0.2, 0) is 0 Å². The van der Waals surface area contributed by atoms with E-state index in [-0.39, 0.29) is 0 Å². The maximum atomic E-state index is 5.68. The Balaban J connectivity index is 1.94. The van der Waals surface area contributed by atoms with Gasteiger partial charge >= 0.3 is 0 Å². The normalized spacial score (nSPS) is 25.9. The molecule has 0 N–H and O–H groups in total. The summed E-state index contributed by atoms with van der Waals surface area (Å²) in [5.74, 6) is 0. The molecule has 0 bridgehead atoms. The van der Waals surface area contributed by atoms with Crippen LogP contribution in [-0.4, -0.2) is 22.0 Å². The zero-order valence-electron chi connectivity index (χ0n) is 5.13. The Bertz CT molecular complexity index is 142. The van der Waals surface area contributed by atoms with Crippen molar-refractivity contribution < 1.29 is 0 Å². The molecule has 9 heavy (non-hydrogen) atoms. The Hall–Kier alpha value is -0.370. The molecule has 2 rings (SSSR count). The third-order valence-electron chi connectivity index (χ3n) is 1.73. The standard InChI is InChI=1S/C6H9ClN2/c7-9-4-3-8(5-9)6-1-2-6/h3-4,6H,1-2,5H2. The van der Waals surface area contributed by atoms with Crippen molar-refractivity contribution >= 4 is 11.8 Å². The van der Waals surface area contributed by atoms with Gasteiger partial charge in [-0.3, -0.25) is 4.42 Å². The van der Waals surface area contributed by atoms with Gasteiger partial charge in [0.05, 0.1) is 0 Å². The SMILES string of the molecule is ClN1C=CN(C2CC2)C1. The van der Waals surface area contributed by atoms with Gasteiger partial charge in [0, 0.05) is 30.2 Å². The predicted molar refractivity (Wildman–Crippen MR) is 36.6 cm³/mol. The number of hydrogen-bond acceptors (Lipinski definition) is 2. The fraction of sp³-hybridized carbons (Fsp3) is 0.667. The molecule has 50 valence electrons. The first-order chi connectivity index (χ1) is 4.36. The summed E-state index contributed by atoms with van der Waals surface area (Å²) in [5, 5.41) is 0. The molecular weight excluding hydrogens is 136 g/mol. The van der Waals surface area contributed by atoms with Crippen LogP contribution in [0.15, 0.2) is 12.4 Å². The average Bonchev–Trinajstić information content (AvgIpc) is 2.58. The molecule has 3 heteroatoms. The van der Waals surface area contributed by atoms with Crippen LogP contribution < -0.4 is 0 Å². The third-order valence-corrected chi connectivity index (χ3v) is 1.95. The molecule has 2 nitrogen and oxygen atoms in total. The topological polar surface area (TPSA) is 6.48 Å². The Morgan fingerprint density at radius 2 is 2.11 bits per heavy atom. The highest BCUT2D eigenvalue weighted by atomic mass is 35.5. The minimum atomic E-state index is 0.796. The van der Waals surface area contributed by atoms with Crippen molar-refractivity contribution in [2.24, 2.45) is 0 Å². The van der Waals surface area contributed by atoms with E-state index in [4.69, 9.17) is 11.8 Å². The Morgan fingerprint density at radius 3 is 2.56 bits per heavy atom. The van der Waals surface area contributed by atoms with Gasteiger partial charge in [-0.05, 0) is 12.8 Å². The van der Waals surface area contributed by atoms with E-state index in [9.17, 15) is 0 Å². The first kappa shape index (κ1) is 5.42. The van der Waals surface area contributed by atoms with E-state index < -0.39 is 0 Å². The molecule has 1 aliphatic carbocycles. The van der Waals surface area contributed by atoms with Gasteiger partial charge in [-0.2, -0.15) is 0 Å². The summed E-state index contributed by atoms with van der Waals surface area (Å²) < 4.78 is 1.68. The summed E-state index contributed by atoms with van der Waals surface area (Å²) in [4.78, 5) is 2.27. The zero-order chi connectivity index (χ0) is 6.27. The second kappa shape index (κ2) is 1.81. The summed E-state index contributed by atoms with van der Waals surface area (Å²) in [7, 11) is 0. The molecule has 2 aliphatic rings. The molecule has 1 saturated carbocycles. The molecule has 0 aromatic heterocycles. The van der Waals surface area contributed by atoms with Crippen LogP contribution in [0.3, 0.4) is 0 Å². The van der Waals surface area contributed by atoms with E-state index in [1.807, 2.05) is 6.20 Å². The van der Waals surface area contributed by atoms with Crippen LogP contribution in [0.1, 0.15) is 12.8 Å². The van der Waals surface area contributed by atoms with Crippen molar-refractivity contribution in [1.82, 2.24) is 9.32 Å². The lowest BCUT2D eigenvalue weighted by Gasteiger charge is -2.14.